The number of hydrogen-bond acceptors (Lipinski definition) is 1. The average molecular weight is 329 g/mol. The first kappa shape index (κ1) is 16.9. The van der Waals surface area contributed by atoms with Crippen LogP contribution in [0.3, 0.4) is 0 Å². The van der Waals surface area contributed by atoms with Gasteiger partial charge in [-0.25, -0.2) is 0 Å². The third-order valence-corrected chi connectivity index (χ3v) is 3.21. The first-order valence-corrected chi connectivity index (χ1v) is 6.33. The van der Waals surface area contributed by atoms with E-state index in [1.165, 1.54) is 18.2 Å². The van der Waals surface area contributed by atoms with Crippen molar-refractivity contribution >= 4 is 0 Å². The second kappa shape index (κ2) is 5.61. The fourth-order valence-corrected chi connectivity index (χ4v) is 2.20. The Balaban J connectivity index is 2.84. The van der Waals surface area contributed by atoms with Gasteiger partial charge in [0.2, 0.25) is 0 Å². The third-order valence-electron chi connectivity index (χ3n) is 3.21. The lowest BCUT2D eigenvalue weighted by Gasteiger charge is -2.17. The zero-order chi connectivity index (χ0) is 17.4. The lowest BCUT2D eigenvalue weighted by atomic mass is 9.93. The maximum atomic E-state index is 13.1. The topological polar surface area (TPSA) is 23.8 Å². The van der Waals surface area contributed by atoms with Crippen molar-refractivity contribution in [2.75, 3.05) is 0 Å². The number of nitriles is 1. The summed E-state index contributed by atoms with van der Waals surface area (Å²) in [5, 5.41) is 8.78. The normalized spacial score (nSPS) is 12.1. The van der Waals surface area contributed by atoms with Crippen molar-refractivity contribution in [2.45, 2.75) is 19.3 Å². The molecule has 120 valence electrons. The van der Waals surface area contributed by atoms with Crippen LogP contribution in [0.2, 0.25) is 0 Å². The Morgan fingerprint density at radius 3 is 1.74 bits per heavy atom. The van der Waals surface area contributed by atoms with Crippen LogP contribution in [0, 0.1) is 18.3 Å². The summed E-state index contributed by atoms with van der Waals surface area (Å²) >= 11 is 0. The summed E-state index contributed by atoms with van der Waals surface area (Å²) in [6.07, 6.45) is -10.1. The van der Waals surface area contributed by atoms with Crippen molar-refractivity contribution in [2.24, 2.45) is 0 Å². The van der Waals surface area contributed by atoms with E-state index in [9.17, 15) is 26.3 Å². The van der Waals surface area contributed by atoms with Crippen LogP contribution in [0.5, 0.6) is 0 Å². The minimum atomic E-state index is -5.06. The van der Waals surface area contributed by atoms with Gasteiger partial charge in [-0.3, -0.25) is 0 Å². The number of benzene rings is 2. The Bertz CT molecular complexity index is 745. The van der Waals surface area contributed by atoms with E-state index >= 15 is 0 Å². The molecule has 0 N–H and O–H groups in total. The summed E-state index contributed by atoms with van der Waals surface area (Å²) in [6.45, 7) is 1.67. The summed E-state index contributed by atoms with van der Waals surface area (Å²) in [7, 11) is 0. The molecule has 0 atom stereocenters. The summed E-state index contributed by atoms with van der Waals surface area (Å²) in [5.41, 5.74) is -3.94. The average Bonchev–Trinajstić information content (AvgIpc) is 2.44. The molecule has 0 radical (unpaired) electrons. The SMILES string of the molecule is Cc1cccc(-c2cc(C(F)(F)F)c(C#N)c(C(F)(F)F)c2)c1. The smallest absolute Gasteiger partial charge is 0.192 e. The maximum Gasteiger partial charge on any atom is 0.417 e. The highest BCUT2D eigenvalue weighted by Crippen LogP contribution is 2.41. The first-order valence-electron chi connectivity index (χ1n) is 6.33. The monoisotopic (exact) mass is 329 g/mol. The summed E-state index contributed by atoms with van der Waals surface area (Å²) in [6, 6.07) is 8.26. The second-order valence-electron chi connectivity index (χ2n) is 4.92. The number of alkyl halides is 6. The van der Waals surface area contributed by atoms with Crippen LogP contribution in [-0.2, 0) is 12.4 Å². The molecule has 0 unspecified atom stereocenters. The fourth-order valence-electron chi connectivity index (χ4n) is 2.20. The van der Waals surface area contributed by atoms with Crippen LogP contribution >= 0.6 is 0 Å². The van der Waals surface area contributed by atoms with Crippen molar-refractivity contribution in [3.8, 4) is 17.2 Å². The number of halogens is 6. The molecule has 0 aliphatic rings. The summed E-state index contributed by atoms with van der Waals surface area (Å²) < 4.78 is 78.4. The highest BCUT2D eigenvalue weighted by Gasteiger charge is 2.41. The van der Waals surface area contributed by atoms with Gasteiger partial charge in [0, 0.05) is 0 Å². The van der Waals surface area contributed by atoms with Gasteiger partial charge in [0.15, 0.2) is 0 Å². The van der Waals surface area contributed by atoms with E-state index in [1.807, 2.05) is 0 Å². The molecule has 23 heavy (non-hydrogen) atoms. The van der Waals surface area contributed by atoms with E-state index in [0.717, 1.165) is 6.07 Å². The molecule has 0 fully saturated rings. The molecule has 7 heteroatoms. The molecule has 0 saturated carbocycles. The van der Waals surface area contributed by atoms with Gasteiger partial charge >= 0.3 is 12.4 Å². The Hall–Kier alpha value is -2.49. The Morgan fingerprint density at radius 1 is 0.826 bits per heavy atom. The maximum absolute atomic E-state index is 13.1. The van der Waals surface area contributed by atoms with Gasteiger partial charge in [0.05, 0.1) is 16.7 Å². The molecule has 0 aliphatic heterocycles. The predicted octanol–water partition coefficient (Wildman–Crippen LogP) is 5.57. The molecule has 0 heterocycles. The van der Waals surface area contributed by atoms with Crippen LogP contribution in [0.15, 0.2) is 36.4 Å². The Kier molecular flexibility index (Phi) is 4.12. The van der Waals surface area contributed by atoms with E-state index in [-0.39, 0.29) is 11.1 Å². The summed E-state index contributed by atoms with van der Waals surface area (Å²) in [4.78, 5) is 0. The Morgan fingerprint density at radius 2 is 1.35 bits per heavy atom. The highest BCUT2D eigenvalue weighted by atomic mass is 19.4. The zero-order valence-corrected chi connectivity index (χ0v) is 11.7. The molecular weight excluding hydrogens is 320 g/mol. The number of hydrogen-bond donors (Lipinski definition) is 0. The summed E-state index contributed by atoms with van der Waals surface area (Å²) in [5.74, 6) is 0. The molecule has 2 rings (SSSR count). The van der Waals surface area contributed by atoms with Gasteiger partial charge in [-0.05, 0) is 30.2 Å². The van der Waals surface area contributed by atoms with Gasteiger partial charge in [-0.15, -0.1) is 0 Å². The van der Waals surface area contributed by atoms with E-state index in [2.05, 4.69) is 0 Å². The highest BCUT2D eigenvalue weighted by molar-refractivity contribution is 5.69. The molecule has 0 spiro atoms. The van der Waals surface area contributed by atoms with E-state index < -0.39 is 29.0 Å². The van der Waals surface area contributed by atoms with Crippen LogP contribution in [0.1, 0.15) is 22.3 Å². The largest absolute Gasteiger partial charge is 0.417 e. The van der Waals surface area contributed by atoms with Crippen molar-refractivity contribution in [3.05, 3.63) is 58.7 Å². The van der Waals surface area contributed by atoms with Crippen LogP contribution in [0.4, 0.5) is 26.3 Å². The molecule has 2 aromatic rings. The molecular formula is C16H9F6N. The standard InChI is InChI=1S/C16H9F6N/c1-9-3-2-4-10(5-9)11-6-13(15(17,18)19)12(8-23)14(7-11)16(20,21)22/h2-7H,1H3. The minimum absolute atomic E-state index is 0.213. The van der Waals surface area contributed by atoms with E-state index in [4.69, 9.17) is 5.26 Å². The molecule has 0 aliphatic carbocycles. The molecule has 0 aromatic heterocycles. The zero-order valence-electron chi connectivity index (χ0n) is 11.7. The van der Waals surface area contributed by atoms with Gasteiger partial charge in [-0.2, -0.15) is 31.6 Å². The first-order chi connectivity index (χ1) is 10.5. The van der Waals surface area contributed by atoms with Gasteiger partial charge in [-0.1, -0.05) is 29.8 Å². The molecule has 0 bridgehead atoms. The number of aryl methyl sites for hydroxylation is 1. The molecule has 0 saturated heterocycles. The van der Waals surface area contributed by atoms with Crippen molar-refractivity contribution in [3.63, 3.8) is 0 Å². The fraction of sp³-hybridized carbons (Fsp3) is 0.188. The van der Waals surface area contributed by atoms with Crippen LogP contribution in [0.25, 0.3) is 11.1 Å². The van der Waals surface area contributed by atoms with Gasteiger partial charge in [0.1, 0.15) is 6.07 Å². The van der Waals surface area contributed by atoms with E-state index in [1.54, 1.807) is 13.0 Å². The van der Waals surface area contributed by atoms with Gasteiger partial charge in [0.25, 0.3) is 0 Å². The number of rotatable bonds is 1. The van der Waals surface area contributed by atoms with Crippen LogP contribution < -0.4 is 0 Å². The molecule has 2 aromatic carbocycles. The Labute approximate surface area is 127 Å². The van der Waals surface area contributed by atoms with Crippen molar-refractivity contribution in [1.82, 2.24) is 0 Å². The lowest BCUT2D eigenvalue weighted by Crippen LogP contribution is -2.15. The van der Waals surface area contributed by atoms with Crippen molar-refractivity contribution in [1.29, 1.82) is 5.26 Å². The van der Waals surface area contributed by atoms with Crippen LogP contribution in [-0.4, -0.2) is 0 Å². The molecule has 0 amide bonds. The minimum Gasteiger partial charge on any atom is -0.192 e. The predicted molar refractivity (Wildman–Crippen MR) is 71.3 cm³/mol. The van der Waals surface area contributed by atoms with E-state index in [0.29, 0.717) is 17.7 Å². The lowest BCUT2D eigenvalue weighted by molar-refractivity contribution is -0.143. The second-order valence-corrected chi connectivity index (χ2v) is 4.92. The third kappa shape index (κ3) is 3.47. The van der Waals surface area contributed by atoms with Crippen molar-refractivity contribution < 1.29 is 26.3 Å². The number of nitrogens with zero attached hydrogens (tertiary/aromatic N) is 1. The quantitative estimate of drug-likeness (QED) is 0.627. The molecule has 1 nitrogen and oxygen atoms in total. The van der Waals surface area contributed by atoms with Gasteiger partial charge < -0.3 is 0 Å².